The van der Waals surface area contributed by atoms with Crippen LogP contribution in [0.25, 0.3) is 0 Å². The third-order valence-electron chi connectivity index (χ3n) is 7.99. The van der Waals surface area contributed by atoms with E-state index in [2.05, 4.69) is 96.9 Å². The third kappa shape index (κ3) is 7.89. The Morgan fingerprint density at radius 2 is 1.75 bits per heavy atom. The molecule has 4 heterocycles. The molecule has 1 N–H and O–H groups in total. The number of aldehydes is 1. The van der Waals surface area contributed by atoms with Gasteiger partial charge in [0.15, 0.2) is 0 Å². The molecule has 0 aliphatic carbocycles. The lowest BCUT2D eigenvalue weighted by molar-refractivity contribution is -0.106. The average Bonchev–Trinajstić information content (AvgIpc) is 3.53. The summed E-state index contributed by atoms with van der Waals surface area (Å²) in [7, 11) is 2.20. The van der Waals surface area contributed by atoms with Gasteiger partial charge in [0.05, 0.1) is 6.04 Å². The number of aryl methyl sites for hydroxylation is 1. The minimum atomic E-state index is 0.356. The number of allylic oxidation sites excluding steroid dienone is 3. The molecule has 198 valence electrons. The summed E-state index contributed by atoms with van der Waals surface area (Å²) in [5.41, 5.74) is 5.48. The number of carbonyl (C=O) groups excluding carboxylic acids is 1. The highest BCUT2D eigenvalue weighted by Gasteiger charge is 2.48. The Morgan fingerprint density at radius 1 is 1.08 bits per heavy atom. The molecule has 0 radical (unpaired) electrons. The first-order chi connectivity index (χ1) is 17.4. The van der Waals surface area contributed by atoms with Gasteiger partial charge in [0.2, 0.25) is 0 Å². The minimum absolute atomic E-state index is 0.356. The van der Waals surface area contributed by atoms with E-state index in [-0.39, 0.29) is 0 Å². The molecular formula is C31H48N4O. The molecular weight excluding hydrogens is 444 g/mol. The first-order valence-corrected chi connectivity index (χ1v) is 13.7. The molecule has 5 rings (SSSR count). The lowest BCUT2D eigenvalue weighted by Gasteiger charge is -2.37. The van der Waals surface area contributed by atoms with Crippen molar-refractivity contribution in [2.45, 2.75) is 65.1 Å². The van der Waals surface area contributed by atoms with E-state index in [9.17, 15) is 0 Å². The number of nitrogens with zero attached hydrogens (tertiary/aromatic N) is 3. The van der Waals surface area contributed by atoms with E-state index in [4.69, 9.17) is 4.79 Å². The number of benzene rings is 1. The van der Waals surface area contributed by atoms with Gasteiger partial charge in [0, 0.05) is 44.0 Å². The Labute approximate surface area is 219 Å². The van der Waals surface area contributed by atoms with Gasteiger partial charge in [-0.05, 0) is 84.7 Å². The molecule has 4 atom stereocenters. The minimum Gasteiger partial charge on any atom is -0.383 e. The van der Waals surface area contributed by atoms with Crippen LogP contribution in [0.1, 0.15) is 57.2 Å². The van der Waals surface area contributed by atoms with Crippen molar-refractivity contribution in [3.63, 3.8) is 0 Å². The van der Waals surface area contributed by atoms with Crippen LogP contribution in [0.3, 0.4) is 0 Å². The summed E-state index contributed by atoms with van der Waals surface area (Å²) in [6, 6.07) is 11.0. The summed E-state index contributed by atoms with van der Waals surface area (Å²) >= 11 is 0. The van der Waals surface area contributed by atoms with Crippen molar-refractivity contribution in [3.05, 3.63) is 71.5 Å². The molecule has 36 heavy (non-hydrogen) atoms. The van der Waals surface area contributed by atoms with Crippen LogP contribution in [-0.4, -0.2) is 79.4 Å². The van der Waals surface area contributed by atoms with Gasteiger partial charge in [-0.15, -0.1) is 6.58 Å². The molecule has 0 amide bonds. The fourth-order valence-corrected chi connectivity index (χ4v) is 5.56. The first-order valence-electron chi connectivity index (χ1n) is 13.7. The van der Waals surface area contributed by atoms with Gasteiger partial charge < -0.3 is 15.0 Å². The molecule has 4 unspecified atom stereocenters. The number of hydrogen-bond acceptors (Lipinski definition) is 5. The van der Waals surface area contributed by atoms with Crippen LogP contribution in [0, 0.1) is 12.8 Å². The third-order valence-corrected chi connectivity index (χ3v) is 7.99. The number of fused-ring (bicyclic) bond motifs is 1. The average molecular weight is 493 g/mol. The molecule has 4 aliphatic rings. The van der Waals surface area contributed by atoms with Gasteiger partial charge in [-0.1, -0.05) is 47.6 Å². The maximum absolute atomic E-state index is 8.81. The Hall–Kier alpha value is -2.21. The van der Waals surface area contributed by atoms with Crippen molar-refractivity contribution >= 4 is 6.29 Å². The van der Waals surface area contributed by atoms with E-state index >= 15 is 0 Å². The second kappa shape index (κ2) is 13.9. The van der Waals surface area contributed by atoms with Crippen molar-refractivity contribution in [1.29, 1.82) is 0 Å². The second-order valence-electron chi connectivity index (χ2n) is 10.8. The first kappa shape index (κ1) is 28.4. The Bertz CT molecular complexity index is 898. The van der Waals surface area contributed by atoms with E-state index < -0.39 is 0 Å². The molecule has 0 aromatic heterocycles. The van der Waals surface area contributed by atoms with Crippen LogP contribution in [0.2, 0.25) is 0 Å². The monoisotopic (exact) mass is 492 g/mol. The zero-order chi connectivity index (χ0) is 26.1. The van der Waals surface area contributed by atoms with Gasteiger partial charge in [0.1, 0.15) is 6.29 Å². The lowest BCUT2D eigenvalue weighted by Crippen LogP contribution is -2.43. The van der Waals surface area contributed by atoms with Crippen LogP contribution in [0.15, 0.2) is 60.3 Å². The molecule has 0 bridgehead atoms. The summed E-state index contributed by atoms with van der Waals surface area (Å²) < 4.78 is 0. The number of rotatable bonds is 5. The Balaban J connectivity index is 0.000000232. The normalized spacial score (nSPS) is 26.9. The van der Waals surface area contributed by atoms with Crippen molar-refractivity contribution in [2.24, 2.45) is 5.92 Å². The zero-order valence-corrected chi connectivity index (χ0v) is 23.2. The molecule has 5 nitrogen and oxygen atoms in total. The molecule has 0 saturated carbocycles. The smallest absolute Gasteiger partial charge is 0.116 e. The van der Waals surface area contributed by atoms with Gasteiger partial charge in [-0.2, -0.15) is 0 Å². The Morgan fingerprint density at radius 3 is 2.31 bits per heavy atom. The van der Waals surface area contributed by atoms with E-state index in [1.165, 1.54) is 74.8 Å². The van der Waals surface area contributed by atoms with Crippen molar-refractivity contribution in [3.8, 4) is 0 Å². The van der Waals surface area contributed by atoms with Crippen LogP contribution in [0.5, 0.6) is 0 Å². The number of carbonyl (C=O) groups is 1. The highest BCUT2D eigenvalue weighted by molar-refractivity contribution is 5.44. The van der Waals surface area contributed by atoms with Gasteiger partial charge in [0.25, 0.3) is 0 Å². The summed E-state index contributed by atoms with van der Waals surface area (Å²) in [6.07, 6.45) is 11.3. The maximum atomic E-state index is 8.81. The Kier molecular flexibility index (Phi) is 11.0. The highest BCUT2D eigenvalue weighted by atomic mass is 16.1. The van der Waals surface area contributed by atoms with Crippen LogP contribution < -0.4 is 5.32 Å². The molecule has 4 aliphatic heterocycles. The van der Waals surface area contributed by atoms with Crippen molar-refractivity contribution in [1.82, 2.24) is 20.0 Å². The zero-order valence-electron chi connectivity index (χ0n) is 23.2. The quantitative estimate of drug-likeness (QED) is 0.357. The number of hydrogen-bond donors (Lipinski definition) is 1. The second-order valence-corrected chi connectivity index (χ2v) is 10.8. The standard InChI is InChI=1S/C20H27N3.C9H17N.C2H4O/c1-14-4-7-17(8-5-14)20(18-9-6-15(2)12-21-18)22-10-11-23-16(3)19(23)13-22;1-3-4-9-5-7-10(2)8-6-9;1-2-3/h4-9,16,19-21H,10-13H2,1-3H3;3,9H,1,4-8H2,2H3;2H,1H3. The van der Waals surface area contributed by atoms with Crippen LogP contribution >= 0.6 is 0 Å². The summed E-state index contributed by atoms with van der Waals surface area (Å²) in [5.74, 6) is 0.925. The van der Waals surface area contributed by atoms with E-state index in [0.717, 1.165) is 37.4 Å². The maximum Gasteiger partial charge on any atom is 0.116 e. The predicted molar refractivity (Wildman–Crippen MR) is 152 cm³/mol. The van der Waals surface area contributed by atoms with E-state index in [1.54, 1.807) is 0 Å². The molecule has 1 aromatic rings. The van der Waals surface area contributed by atoms with Crippen LogP contribution in [0.4, 0.5) is 0 Å². The summed E-state index contributed by atoms with van der Waals surface area (Å²) in [5, 5.41) is 3.66. The number of dihydropyridines is 1. The van der Waals surface area contributed by atoms with Gasteiger partial charge in [-0.25, -0.2) is 0 Å². The summed E-state index contributed by atoms with van der Waals surface area (Å²) in [4.78, 5) is 16.5. The topological polar surface area (TPSA) is 38.6 Å². The van der Waals surface area contributed by atoms with Crippen LogP contribution in [-0.2, 0) is 4.79 Å². The van der Waals surface area contributed by atoms with Crippen molar-refractivity contribution < 1.29 is 4.79 Å². The van der Waals surface area contributed by atoms with Gasteiger partial charge in [-0.3, -0.25) is 9.80 Å². The van der Waals surface area contributed by atoms with Gasteiger partial charge >= 0.3 is 0 Å². The summed E-state index contributed by atoms with van der Waals surface area (Å²) in [6.45, 7) is 19.0. The molecule has 1 aromatic carbocycles. The fourth-order valence-electron chi connectivity index (χ4n) is 5.56. The number of nitrogens with one attached hydrogen (secondary N) is 1. The molecule has 3 fully saturated rings. The van der Waals surface area contributed by atoms with E-state index in [0.29, 0.717) is 6.04 Å². The number of likely N-dealkylation sites (tertiary alicyclic amines) is 1. The predicted octanol–water partition coefficient (Wildman–Crippen LogP) is 4.97. The van der Waals surface area contributed by atoms with E-state index in [1.807, 2.05) is 0 Å². The van der Waals surface area contributed by atoms with Crippen molar-refractivity contribution in [2.75, 3.05) is 46.3 Å². The fraction of sp³-hybridized carbons (Fsp3) is 0.581. The molecule has 0 spiro atoms. The molecule has 3 saturated heterocycles. The highest BCUT2D eigenvalue weighted by Crippen LogP contribution is 2.37. The number of piperazine rings is 1. The largest absolute Gasteiger partial charge is 0.383 e. The molecule has 5 heteroatoms. The lowest BCUT2D eigenvalue weighted by atomic mass is 9.94. The number of piperidine rings is 1. The SMILES string of the molecule is C=CCC1CCN(C)CC1.CC1=CC=C(C(c2ccc(C)cc2)N2CCN3C(C)C3C2)NC1.CC=O.